The highest BCUT2D eigenvalue weighted by Gasteiger charge is 2.36. The smallest absolute Gasteiger partial charge is 0.377 e. The third kappa shape index (κ3) is 4.70. The fourth-order valence-electron chi connectivity index (χ4n) is 1.65. The third-order valence-electron chi connectivity index (χ3n) is 2.76. The molecular formula is C14H17F4NO2. The highest BCUT2D eigenvalue weighted by atomic mass is 19.4. The zero-order chi connectivity index (χ0) is 16.2. The second-order valence-corrected chi connectivity index (χ2v) is 4.81. The summed E-state index contributed by atoms with van der Waals surface area (Å²) in [5.41, 5.74) is -2.04. The van der Waals surface area contributed by atoms with Gasteiger partial charge in [0.25, 0.3) is 5.91 Å². The van der Waals surface area contributed by atoms with E-state index >= 15 is 0 Å². The van der Waals surface area contributed by atoms with E-state index in [0.29, 0.717) is 6.07 Å². The van der Waals surface area contributed by atoms with Crippen LogP contribution in [0, 0.1) is 5.82 Å². The lowest BCUT2D eigenvalue weighted by Crippen LogP contribution is -2.31. The summed E-state index contributed by atoms with van der Waals surface area (Å²) < 4.78 is 56.9. The van der Waals surface area contributed by atoms with E-state index in [4.69, 9.17) is 4.74 Å². The Bertz CT molecular complexity index is 500. The van der Waals surface area contributed by atoms with Crippen LogP contribution < -0.4 is 0 Å². The first-order valence-electron chi connectivity index (χ1n) is 6.37. The average Bonchev–Trinajstić information content (AvgIpc) is 2.36. The monoisotopic (exact) mass is 307 g/mol. The molecule has 0 heterocycles. The average molecular weight is 307 g/mol. The number of carbonyl (C=O) groups is 1. The number of hydrogen-bond donors (Lipinski definition) is 0. The van der Waals surface area contributed by atoms with Crippen LogP contribution in [-0.2, 0) is 10.9 Å². The number of likely N-dealkylation sites (N-methyl/N-ethyl adjacent to an activating group) is 1. The van der Waals surface area contributed by atoms with Crippen molar-refractivity contribution in [3.63, 3.8) is 0 Å². The maximum absolute atomic E-state index is 13.8. The second kappa shape index (κ2) is 6.89. The minimum Gasteiger partial charge on any atom is -0.377 e. The summed E-state index contributed by atoms with van der Waals surface area (Å²) in [6.45, 7) is 4.01. The van der Waals surface area contributed by atoms with Crippen LogP contribution >= 0.6 is 0 Å². The molecule has 0 unspecified atom stereocenters. The molecule has 3 nitrogen and oxygen atoms in total. The molecule has 0 spiro atoms. The van der Waals surface area contributed by atoms with Crippen LogP contribution in [0.15, 0.2) is 18.2 Å². The molecule has 0 N–H and O–H groups in total. The Hall–Kier alpha value is -1.63. The molecule has 1 aromatic rings. The van der Waals surface area contributed by atoms with Gasteiger partial charge in [-0.2, -0.15) is 13.2 Å². The highest BCUT2D eigenvalue weighted by Crippen LogP contribution is 2.32. The lowest BCUT2D eigenvalue weighted by Gasteiger charge is -2.19. The molecule has 0 saturated carbocycles. The second-order valence-electron chi connectivity index (χ2n) is 4.81. The minimum atomic E-state index is -4.83. The first-order chi connectivity index (χ1) is 9.64. The van der Waals surface area contributed by atoms with Crippen molar-refractivity contribution in [3.05, 3.63) is 35.1 Å². The number of amides is 1. The number of carbonyl (C=O) groups excluding carboxylic acids is 1. The van der Waals surface area contributed by atoms with Gasteiger partial charge in [-0.1, -0.05) is 6.07 Å². The predicted octanol–water partition coefficient (Wildman–Crippen LogP) is 3.34. The maximum atomic E-state index is 13.8. The lowest BCUT2D eigenvalue weighted by atomic mass is 10.1. The normalized spacial score (nSPS) is 11.8. The van der Waals surface area contributed by atoms with Gasteiger partial charge in [-0.05, 0) is 26.0 Å². The summed E-state index contributed by atoms with van der Waals surface area (Å²) in [5.74, 6) is -2.36. The van der Waals surface area contributed by atoms with Gasteiger partial charge >= 0.3 is 6.18 Å². The van der Waals surface area contributed by atoms with Crippen molar-refractivity contribution in [1.29, 1.82) is 0 Å². The minimum absolute atomic E-state index is 0.0289. The van der Waals surface area contributed by atoms with E-state index in [0.717, 1.165) is 17.0 Å². The van der Waals surface area contributed by atoms with E-state index in [1.807, 2.05) is 13.8 Å². The molecule has 0 atom stereocenters. The Labute approximate surface area is 120 Å². The Morgan fingerprint density at radius 2 is 1.95 bits per heavy atom. The summed E-state index contributed by atoms with van der Waals surface area (Å²) in [7, 11) is 1.38. The van der Waals surface area contributed by atoms with Crippen molar-refractivity contribution >= 4 is 5.91 Å². The largest absolute Gasteiger partial charge is 0.419 e. The van der Waals surface area contributed by atoms with Gasteiger partial charge in [0, 0.05) is 13.6 Å². The molecule has 0 bridgehead atoms. The van der Waals surface area contributed by atoms with Crippen molar-refractivity contribution in [2.24, 2.45) is 0 Å². The fourth-order valence-corrected chi connectivity index (χ4v) is 1.65. The van der Waals surface area contributed by atoms with Crippen molar-refractivity contribution in [2.75, 3.05) is 20.2 Å². The molecule has 0 aliphatic heterocycles. The van der Waals surface area contributed by atoms with Gasteiger partial charge in [0.2, 0.25) is 0 Å². The van der Waals surface area contributed by atoms with Gasteiger partial charge in [0.05, 0.1) is 23.8 Å². The standard InChI is InChI=1S/C14H17F4NO2/c1-9(2)21-8-7-19(3)13(20)10-5-4-6-11(12(10)15)14(16,17)18/h4-6,9H,7-8H2,1-3H3. The Morgan fingerprint density at radius 1 is 1.33 bits per heavy atom. The van der Waals surface area contributed by atoms with Crippen LogP contribution in [0.2, 0.25) is 0 Å². The van der Waals surface area contributed by atoms with Gasteiger partial charge < -0.3 is 9.64 Å². The molecule has 7 heteroatoms. The predicted molar refractivity (Wildman–Crippen MR) is 69.5 cm³/mol. The highest BCUT2D eigenvalue weighted by molar-refractivity contribution is 5.94. The van der Waals surface area contributed by atoms with E-state index in [1.165, 1.54) is 7.05 Å². The molecule has 1 aromatic carbocycles. The quantitative estimate of drug-likeness (QED) is 0.781. The number of benzene rings is 1. The topological polar surface area (TPSA) is 29.5 Å². The molecule has 1 amide bonds. The number of nitrogens with zero attached hydrogens (tertiary/aromatic N) is 1. The lowest BCUT2D eigenvalue weighted by molar-refractivity contribution is -0.140. The summed E-state index contributed by atoms with van der Waals surface area (Å²) in [6.07, 6.45) is -4.86. The van der Waals surface area contributed by atoms with Gasteiger partial charge in [-0.15, -0.1) is 0 Å². The van der Waals surface area contributed by atoms with Crippen LogP contribution in [0.4, 0.5) is 17.6 Å². The number of rotatable bonds is 5. The molecule has 0 aliphatic rings. The Balaban J connectivity index is 2.88. The maximum Gasteiger partial charge on any atom is 0.419 e. The molecular weight excluding hydrogens is 290 g/mol. The summed E-state index contributed by atoms with van der Waals surface area (Å²) >= 11 is 0. The van der Waals surface area contributed by atoms with Crippen LogP contribution in [0.1, 0.15) is 29.8 Å². The summed E-state index contributed by atoms with van der Waals surface area (Å²) in [4.78, 5) is 13.1. The van der Waals surface area contributed by atoms with Crippen molar-refractivity contribution in [2.45, 2.75) is 26.1 Å². The van der Waals surface area contributed by atoms with E-state index in [1.54, 1.807) is 0 Å². The van der Waals surface area contributed by atoms with Gasteiger partial charge in [-0.25, -0.2) is 4.39 Å². The fraction of sp³-hybridized carbons (Fsp3) is 0.500. The molecule has 21 heavy (non-hydrogen) atoms. The molecule has 1 rings (SSSR count). The summed E-state index contributed by atoms with van der Waals surface area (Å²) in [6, 6.07) is 2.65. The number of alkyl halides is 3. The van der Waals surface area contributed by atoms with Crippen LogP contribution in [-0.4, -0.2) is 37.1 Å². The van der Waals surface area contributed by atoms with Crippen LogP contribution in [0.25, 0.3) is 0 Å². The zero-order valence-corrected chi connectivity index (χ0v) is 12.0. The first-order valence-corrected chi connectivity index (χ1v) is 6.37. The molecule has 118 valence electrons. The van der Waals surface area contributed by atoms with Gasteiger partial charge in [-0.3, -0.25) is 4.79 Å². The molecule has 0 aliphatic carbocycles. The van der Waals surface area contributed by atoms with Crippen molar-refractivity contribution < 1.29 is 27.1 Å². The van der Waals surface area contributed by atoms with E-state index in [-0.39, 0.29) is 19.3 Å². The van der Waals surface area contributed by atoms with Crippen LogP contribution in [0.5, 0.6) is 0 Å². The zero-order valence-electron chi connectivity index (χ0n) is 12.0. The third-order valence-corrected chi connectivity index (χ3v) is 2.76. The SMILES string of the molecule is CC(C)OCCN(C)C(=O)c1cccc(C(F)(F)F)c1F. The molecule has 0 radical (unpaired) electrons. The van der Waals surface area contributed by atoms with E-state index in [9.17, 15) is 22.4 Å². The van der Waals surface area contributed by atoms with Crippen LogP contribution in [0.3, 0.4) is 0 Å². The summed E-state index contributed by atoms with van der Waals surface area (Å²) in [5, 5.41) is 0. The van der Waals surface area contributed by atoms with E-state index in [2.05, 4.69) is 0 Å². The first kappa shape index (κ1) is 17.4. The Kier molecular flexibility index (Phi) is 5.71. The van der Waals surface area contributed by atoms with E-state index < -0.39 is 29.0 Å². The molecule has 0 aromatic heterocycles. The number of halogens is 4. The molecule has 0 saturated heterocycles. The van der Waals surface area contributed by atoms with Crippen molar-refractivity contribution in [3.8, 4) is 0 Å². The Morgan fingerprint density at radius 3 is 2.48 bits per heavy atom. The number of ether oxygens (including phenoxy) is 1. The van der Waals surface area contributed by atoms with Gasteiger partial charge in [0.15, 0.2) is 0 Å². The van der Waals surface area contributed by atoms with Crippen molar-refractivity contribution in [1.82, 2.24) is 4.90 Å². The number of hydrogen-bond acceptors (Lipinski definition) is 2. The molecule has 0 fully saturated rings. The van der Waals surface area contributed by atoms with Gasteiger partial charge in [0.1, 0.15) is 5.82 Å².